The Morgan fingerprint density at radius 1 is 1.50 bits per heavy atom. The van der Waals surface area contributed by atoms with Gasteiger partial charge in [0.2, 0.25) is 0 Å². The van der Waals surface area contributed by atoms with Gasteiger partial charge in [0.15, 0.2) is 6.61 Å². The first-order chi connectivity index (χ1) is 8.41. The molecule has 98 valence electrons. The molecule has 0 aliphatic rings. The maximum atomic E-state index is 11.7. The standard InChI is InChI=1S/C12H14ClNO4/c1-8(12(16)17)14(2)11(15)7-18-10-5-3-4-9(13)6-10/h3-6,8H,7H2,1-2H3,(H,16,17). The molecule has 0 spiro atoms. The number of likely N-dealkylation sites (N-methyl/N-ethyl adjacent to an activating group) is 1. The number of carbonyl (C=O) groups excluding carboxylic acids is 1. The third-order valence-corrected chi connectivity index (χ3v) is 2.73. The van der Waals surface area contributed by atoms with E-state index in [1.54, 1.807) is 24.3 Å². The first-order valence-electron chi connectivity index (χ1n) is 5.28. The summed E-state index contributed by atoms with van der Waals surface area (Å²) in [5.74, 6) is -1.01. The molecule has 1 aromatic carbocycles. The number of hydrogen-bond acceptors (Lipinski definition) is 3. The van der Waals surface area contributed by atoms with Crippen molar-refractivity contribution in [2.24, 2.45) is 0 Å². The van der Waals surface area contributed by atoms with E-state index in [-0.39, 0.29) is 6.61 Å². The molecule has 0 radical (unpaired) electrons. The lowest BCUT2D eigenvalue weighted by molar-refractivity contribution is -0.148. The van der Waals surface area contributed by atoms with E-state index < -0.39 is 17.9 Å². The minimum atomic E-state index is -1.06. The van der Waals surface area contributed by atoms with Gasteiger partial charge in [0.25, 0.3) is 5.91 Å². The summed E-state index contributed by atoms with van der Waals surface area (Å²) in [7, 11) is 1.42. The molecule has 1 aromatic rings. The predicted molar refractivity (Wildman–Crippen MR) is 66.8 cm³/mol. The van der Waals surface area contributed by atoms with Crippen molar-refractivity contribution in [1.82, 2.24) is 4.90 Å². The molecule has 0 saturated heterocycles. The average Bonchev–Trinajstić information content (AvgIpc) is 2.34. The molecule has 1 amide bonds. The van der Waals surface area contributed by atoms with E-state index >= 15 is 0 Å². The highest BCUT2D eigenvalue weighted by Crippen LogP contribution is 2.17. The Morgan fingerprint density at radius 2 is 2.17 bits per heavy atom. The Hall–Kier alpha value is -1.75. The van der Waals surface area contributed by atoms with Crippen LogP contribution in [0.4, 0.5) is 0 Å². The van der Waals surface area contributed by atoms with Crippen LogP contribution in [-0.2, 0) is 9.59 Å². The minimum Gasteiger partial charge on any atom is -0.484 e. The van der Waals surface area contributed by atoms with Crippen molar-refractivity contribution in [3.63, 3.8) is 0 Å². The highest BCUT2D eigenvalue weighted by atomic mass is 35.5. The van der Waals surface area contributed by atoms with Gasteiger partial charge in [-0.1, -0.05) is 17.7 Å². The lowest BCUT2D eigenvalue weighted by Crippen LogP contribution is -2.42. The number of nitrogens with zero attached hydrogens (tertiary/aromatic N) is 1. The Labute approximate surface area is 110 Å². The molecule has 5 nitrogen and oxygen atoms in total. The Morgan fingerprint density at radius 3 is 2.72 bits per heavy atom. The molecular weight excluding hydrogens is 258 g/mol. The second kappa shape index (κ2) is 6.26. The lowest BCUT2D eigenvalue weighted by Gasteiger charge is -2.21. The maximum absolute atomic E-state index is 11.7. The van der Waals surface area contributed by atoms with Crippen LogP contribution >= 0.6 is 11.6 Å². The number of carbonyl (C=O) groups is 2. The highest BCUT2D eigenvalue weighted by Gasteiger charge is 2.21. The van der Waals surface area contributed by atoms with Crippen molar-refractivity contribution in [3.05, 3.63) is 29.3 Å². The molecule has 1 rings (SSSR count). The zero-order chi connectivity index (χ0) is 13.7. The summed E-state index contributed by atoms with van der Waals surface area (Å²) in [6.07, 6.45) is 0. The molecule has 0 aliphatic heterocycles. The maximum Gasteiger partial charge on any atom is 0.326 e. The van der Waals surface area contributed by atoms with Crippen molar-refractivity contribution in [3.8, 4) is 5.75 Å². The van der Waals surface area contributed by atoms with Gasteiger partial charge in [-0.3, -0.25) is 4.79 Å². The molecule has 1 unspecified atom stereocenters. The fraction of sp³-hybridized carbons (Fsp3) is 0.333. The summed E-state index contributed by atoms with van der Waals surface area (Å²) >= 11 is 5.76. The molecule has 0 aliphatic carbocycles. The van der Waals surface area contributed by atoms with Crippen LogP contribution in [-0.4, -0.2) is 41.6 Å². The summed E-state index contributed by atoms with van der Waals surface area (Å²) < 4.78 is 5.23. The van der Waals surface area contributed by atoms with Crippen molar-refractivity contribution in [2.75, 3.05) is 13.7 Å². The van der Waals surface area contributed by atoms with Crippen LogP contribution in [0, 0.1) is 0 Å². The Bertz CT molecular complexity index is 449. The number of amides is 1. The van der Waals surface area contributed by atoms with Crippen LogP contribution in [0.25, 0.3) is 0 Å². The SMILES string of the molecule is CC(C(=O)O)N(C)C(=O)COc1cccc(Cl)c1. The van der Waals surface area contributed by atoms with Crippen LogP contribution in [0.2, 0.25) is 5.02 Å². The lowest BCUT2D eigenvalue weighted by atomic mass is 10.3. The van der Waals surface area contributed by atoms with Gasteiger partial charge in [-0.15, -0.1) is 0 Å². The van der Waals surface area contributed by atoms with Gasteiger partial charge in [0.1, 0.15) is 11.8 Å². The number of aliphatic carboxylic acids is 1. The average molecular weight is 272 g/mol. The largest absolute Gasteiger partial charge is 0.484 e. The van der Waals surface area contributed by atoms with Crippen LogP contribution in [0.1, 0.15) is 6.92 Å². The van der Waals surface area contributed by atoms with Crippen molar-refractivity contribution >= 4 is 23.5 Å². The van der Waals surface area contributed by atoms with Crippen molar-refractivity contribution in [2.45, 2.75) is 13.0 Å². The quantitative estimate of drug-likeness (QED) is 0.884. The summed E-state index contributed by atoms with van der Waals surface area (Å²) in [4.78, 5) is 23.5. The van der Waals surface area contributed by atoms with E-state index in [0.29, 0.717) is 10.8 Å². The number of ether oxygens (including phenoxy) is 1. The van der Waals surface area contributed by atoms with E-state index in [1.165, 1.54) is 14.0 Å². The fourth-order valence-corrected chi connectivity index (χ4v) is 1.37. The third-order valence-electron chi connectivity index (χ3n) is 2.49. The van der Waals surface area contributed by atoms with Crippen molar-refractivity contribution in [1.29, 1.82) is 0 Å². The van der Waals surface area contributed by atoms with Gasteiger partial charge in [-0.2, -0.15) is 0 Å². The van der Waals surface area contributed by atoms with Gasteiger partial charge < -0.3 is 14.7 Å². The van der Waals surface area contributed by atoms with E-state index in [2.05, 4.69) is 0 Å². The molecule has 0 fully saturated rings. The van der Waals surface area contributed by atoms with Gasteiger partial charge in [0, 0.05) is 12.1 Å². The van der Waals surface area contributed by atoms with Gasteiger partial charge >= 0.3 is 5.97 Å². The van der Waals surface area contributed by atoms with E-state index in [0.717, 1.165) is 4.90 Å². The number of rotatable bonds is 5. The molecule has 0 aromatic heterocycles. The molecular formula is C12H14ClNO4. The summed E-state index contributed by atoms with van der Waals surface area (Å²) in [6.45, 7) is 1.20. The molecule has 0 saturated carbocycles. The van der Waals surface area contributed by atoms with Crippen LogP contribution in [0.3, 0.4) is 0 Å². The van der Waals surface area contributed by atoms with E-state index in [1.807, 2.05) is 0 Å². The Balaban J connectivity index is 2.53. The molecule has 1 N–H and O–H groups in total. The number of halogens is 1. The monoisotopic (exact) mass is 271 g/mol. The number of hydrogen-bond donors (Lipinski definition) is 1. The molecule has 6 heteroatoms. The first-order valence-corrected chi connectivity index (χ1v) is 5.66. The topological polar surface area (TPSA) is 66.8 Å². The first kappa shape index (κ1) is 14.3. The zero-order valence-electron chi connectivity index (χ0n) is 10.1. The van der Waals surface area contributed by atoms with E-state index in [4.69, 9.17) is 21.4 Å². The van der Waals surface area contributed by atoms with Gasteiger partial charge in [-0.25, -0.2) is 4.79 Å². The minimum absolute atomic E-state index is 0.228. The zero-order valence-corrected chi connectivity index (χ0v) is 10.8. The molecule has 18 heavy (non-hydrogen) atoms. The molecule has 0 heterocycles. The molecule has 0 bridgehead atoms. The van der Waals surface area contributed by atoms with Gasteiger partial charge in [-0.05, 0) is 25.1 Å². The van der Waals surface area contributed by atoms with Crippen LogP contribution in [0.5, 0.6) is 5.75 Å². The fourth-order valence-electron chi connectivity index (χ4n) is 1.19. The second-order valence-corrected chi connectivity index (χ2v) is 4.20. The highest BCUT2D eigenvalue weighted by molar-refractivity contribution is 6.30. The normalized spacial score (nSPS) is 11.7. The third kappa shape index (κ3) is 3.92. The van der Waals surface area contributed by atoms with Gasteiger partial charge in [0.05, 0.1) is 0 Å². The van der Waals surface area contributed by atoms with Crippen molar-refractivity contribution < 1.29 is 19.4 Å². The smallest absolute Gasteiger partial charge is 0.326 e. The number of benzene rings is 1. The number of carboxylic acids is 1. The summed E-state index contributed by atoms with van der Waals surface area (Å²) in [6, 6.07) is 5.75. The number of carboxylic acid groups (broad SMARTS) is 1. The van der Waals surface area contributed by atoms with Crippen LogP contribution in [0.15, 0.2) is 24.3 Å². The summed E-state index contributed by atoms with van der Waals surface area (Å²) in [5.41, 5.74) is 0. The Kier molecular flexibility index (Phi) is 4.97. The van der Waals surface area contributed by atoms with Crippen LogP contribution < -0.4 is 4.74 Å². The summed E-state index contributed by atoms with van der Waals surface area (Å²) in [5, 5.41) is 9.28. The van der Waals surface area contributed by atoms with E-state index in [9.17, 15) is 9.59 Å². The second-order valence-electron chi connectivity index (χ2n) is 3.76. The predicted octanol–water partition coefficient (Wildman–Crippen LogP) is 1.65. The molecule has 1 atom stereocenters.